The molecule has 0 unspecified atom stereocenters. The van der Waals surface area contributed by atoms with Crippen LogP contribution in [0.1, 0.15) is 127 Å². The van der Waals surface area contributed by atoms with E-state index in [1.807, 2.05) is 13.8 Å². The molecular formula is C37H63BrO5Si. The number of hydrogen-bond donors (Lipinski definition) is 0. The van der Waals surface area contributed by atoms with E-state index in [4.69, 9.17) is 13.9 Å². The van der Waals surface area contributed by atoms with Gasteiger partial charge >= 0.3 is 11.9 Å². The quantitative estimate of drug-likeness (QED) is 0.104. The first-order chi connectivity index (χ1) is 20.1. The molecule has 0 spiro atoms. The molecule has 4 aliphatic carbocycles. The Hall–Kier alpha value is -0.663. The van der Waals surface area contributed by atoms with Crippen LogP contribution < -0.4 is 0 Å². The molecule has 0 amide bonds. The lowest BCUT2D eigenvalue weighted by molar-refractivity contribution is -0.166. The SMILES string of the molecule is CC(=O)O[C@H]1C[C@H](O[Si](C)(C)C(C)(C)C)CC2=C[C@@H](Br)[C@H]3[C@@H]4CC[C@H]([C@H](C)CCCC(C)(C)OC(C)=O)[C@@]4(C)CC[C@@H]3[C@]21C. The zero-order valence-electron chi connectivity index (χ0n) is 30.0. The van der Waals surface area contributed by atoms with Crippen LogP contribution >= 0.6 is 15.9 Å². The van der Waals surface area contributed by atoms with Crippen LogP contribution in [0.5, 0.6) is 0 Å². The fourth-order valence-electron chi connectivity index (χ4n) is 10.1. The summed E-state index contributed by atoms with van der Waals surface area (Å²) in [5.74, 6) is 2.67. The van der Waals surface area contributed by atoms with Gasteiger partial charge in [0.15, 0.2) is 8.32 Å². The van der Waals surface area contributed by atoms with Crippen molar-refractivity contribution in [2.24, 2.45) is 40.4 Å². The zero-order chi connectivity index (χ0) is 33.0. The zero-order valence-corrected chi connectivity index (χ0v) is 32.6. The number of hydrogen-bond acceptors (Lipinski definition) is 5. The number of alkyl halides is 1. The molecule has 4 aliphatic rings. The predicted molar refractivity (Wildman–Crippen MR) is 185 cm³/mol. The van der Waals surface area contributed by atoms with Crippen molar-refractivity contribution >= 4 is 36.2 Å². The lowest BCUT2D eigenvalue weighted by atomic mass is 9.46. The van der Waals surface area contributed by atoms with Gasteiger partial charge in [0.25, 0.3) is 0 Å². The van der Waals surface area contributed by atoms with E-state index in [-0.39, 0.29) is 34.6 Å². The molecule has 3 fully saturated rings. The van der Waals surface area contributed by atoms with Gasteiger partial charge in [0.05, 0.1) is 6.10 Å². The van der Waals surface area contributed by atoms with Gasteiger partial charge in [-0.3, -0.25) is 9.59 Å². The van der Waals surface area contributed by atoms with Crippen LogP contribution in [0.4, 0.5) is 0 Å². The first-order valence-corrected chi connectivity index (χ1v) is 21.3. The Morgan fingerprint density at radius 3 is 2.30 bits per heavy atom. The predicted octanol–water partition coefficient (Wildman–Crippen LogP) is 10.0. The third kappa shape index (κ3) is 6.96. The smallest absolute Gasteiger partial charge is 0.303 e. The lowest BCUT2D eigenvalue weighted by Gasteiger charge is -2.61. The van der Waals surface area contributed by atoms with Crippen LogP contribution in [-0.4, -0.2) is 42.9 Å². The van der Waals surface area contributed by atoms with E-state index in [9.17, 15) is 9.59 Å². The van der Waals surface area contributed by atoms with Crippen molar-refractivity contribution in [1.29, 1.82) is 0 Å². The number of ether oxygens (including phenoxy) is 2. The van der Waals surface area contributed by atoms with E-state index in [0.717, 1.165) is 25.7 Å². The number of carbonyl (C=O) groups is 2. The monoisotopic (exact) mass is 694 g/mol. The maximum absolute atomic E-state index is 12.5. The van der Waals surface area contributed by atoms with Crippen LogP contribution in [-0.2, 0) is 23.5 Å². The fourth-order valence-corrected chi connectivity index (χ4v) is 12.5. The molecular weight excluding hydrogens is 632 g/mol. The maximum Gasteiger partial charge on any atom is 0.303 e. The van der Waals surface area contributed by atoms with E-state index in [0.29, 0.717) is 39.8 Å². The summed E-state index contributed by atoms with van der Waals surface area (Å²) in [4.78, 5) is 24.4. The summed E-state index contributed by atoms with van der Waals surface area (Å²) < 4.78 is 18.8. The van der Waals surface area contributed by atoms with E-state index >= 15 is 0 Å². The van der Waals surface area contributed by atoms with Crippen LogP contribution in [0.15, 0.2) is 11.6 Å². The minimum Gasteiger partial charge on any atom is -0.462 e. The van der Waals surface area contributed by atoms with Gasteiger partial charge in [-0.2, -0.15) is 0 Å². The second-order valence-corrected chi connectivity index (χ2v) is 23.5. The number of esters is 2. The third-order valence-electron chi connectivity index (χ3n) is 13.3. The Morgan fingerprint density at radius 1 is 1.05 bits per heavy atom. The Balaban J connectivity index is 1.55. The number of fused-ring (bicyclic) bond motifs is 5. The minimum atomic E-state index is -1.97. The summed E-state index contributed by atoms with van der Waals surface area (Å²) in [6, 6.07) is 0. The van der Waals surface area contributed by atoms with Crippen molar-refractivity contribution in [2.75, 3.05) is 0 Å². The number of rotatable bonds is 9. The van der Waals surface area contributed by atoms with E-state index < -0.39 is 13.9 Å². The molecule has 0 N–H and O–H groups in total. The van der Waals surface area contributed by atoms with E-state index in [1.165, 1.54) is 44.6 Å². The molecule has 0 aromatic carbocycles. The molecule has 0 bridgehead atoms. The summed E-state index contributed by atoms with van der Waals surface area (Å²) >= 11 is 4.24. The fraction of sp³-hybridized carbons (Fsp3) is 0.892. The van der Waals surface area contributed by atoms with Gasteiger partial charge in [-0.15, -0.1) is 0 Å². The molecule has 0 aromatic heterocycles. The lowest BCUT2D eigenvalue weighted by Crippen LogP contribution is -2.59. The van der Waals surface area contributed by atoms with Gasteiger partial charge in [-0.05, 0) is 112 Å². The van der Waals surface area contributed by atoms with Gasteiger partial charge in [0, 0.05) is 30.5 Å². The average molecular weight is 696 g/mol. The number of carbonyl (C=O) groups excluding carboxylic acids is 2. The summed E-state index contributed by atoms with van der Waals surface area (Å²) in [5.41, 5.74) is 1.22. The summed E-state index contributed by atoms with van der Waals surface area (Å²) in [6.07, 6.45) is 12.4. The normalized spacial score (nSPS) is 38.1. The highest BCUT2D eigenvalue weighted by molar-refractivity contribution is 9.09. The Labute approximate surface area is 278 Å². The van der Waals surface area contributed by atoms with Gasteiger partial charge < -0.3 is 13.9 Å². The number of halogens is 1. The van der Waals surface area contributed by atoms with Gasteiger partial charge in [0.2, 0.25) is 0 Å². The summed E-state index contributed by atoms with van der Waals surface area (Å²) in [7, 11) is -1.97. The molecule has 0 aliphatic heterocycles. The number of allylic oxidation sites excluding steroid dienone is 1. The molecule has 5 nitrogen and oxygen atoms in total. The molecule has 0 radical (unpaired) electrons. The van der Waals surface area contributed by atoms with Crippen LogP contribution in [0.25, 0.3) is 0 Å². The first kappa shape index (κ1) is 36.2. The van der Waals surface area contributed by atoms with Gasteiger partial charge in [0.1, 0.15) is 11.7 Å². The van der Waals surface area contributed by atoms with Crippen molar-refractivity contribution in [2.45, 2.75) is 168 Å². The van der Waals surface area contributed by atoms with Crippen LogP contribution in [0.3, 0.4) is 0 Å². The Kier molecular flexibility index (Phi) is 10.5. The second kappa shape index (κ2) is 12.7. The topological polar surface area (TPSA) is 61.8 Å². The summed E-state index contributed by atoms with van der Waals surface area (Å²) in [5, 5.41) is 0.136. The molecule has 0 aromatic rings. The van der Waals surface area contributed by atoms with Gasteiger partial charge in [-0.25, -0.2) is 0 Å². The molecule has 4 rings (SSSR count). The molecule has 7 heteroatoms. The van der Waals surface area contributed by atoms with E-state index in [1.54, 1.807) is 6.92 Å². The molecule has 3 saturated carbocycles. The van der Waals surface area contributed by atoms with Crippen molar-refractivity contribution in [3.63, 3.8) is 0 Å². The molecule has 0 saturated heterocycles. The van der Waals surface area contributed by atoms with Crippen molar-refractivity contribution in [3.05, 3.63) is 11.6 Å². The average Bonchev–Trinajstić information content (AvgIpc) is 3.20. The minimum absolute atomic E-state index is 0.0900. The van der Waals surface area contributed by atoms with Crippen LogP contribution in [0.2, 0.25) is 18.1 Å². The highest BCUT2D eigenvalue weighted by Crippen LogP contribution is 2.68. The highest BCUT2D eigenvalue weighted by Gasteiger charge is 2.63. The highest BCUT2D eigenvalue weighted by atomic mass is 79.9. The second-order valence-electron chi connectivity index (χ2n) is 17.7. The van der Waals surface area contributed by atoms with Crippen molar-refractivity contribution < 1.29 is 23.5 Å². The van der Waals surface area contributed by atoms with E-state index in [2.05, 4.69) is 76.6 Å². The summed E-state index contributed by atoms with van der Waals surface area (Å²) in [6.45, 7) is 26.2. The Bertz CT molecular complexity index is 1110. The van der Waals surface area contributed by atoms with Crippen molar-refractivity contribution in [3.8, 4) is 0 Å². The first-order valence-electron chi connectivity index (χ1n) is 17.5. The Morgan fingerprint density at radius 2 is 1.70 bits per heavy atom. The van der Waals surface area contributed by atoms with Gasteiger partial charge in [-0.1, -0.05) is 75.5 Å². The maximum atomic E-state index is 12.5. The molecule has 0 heterocycles. The van der Waals surface area contributed by atoms with Crippen LogP contribution in [0, 0.1) is 40.4 Å². The largest absolute Gasteiger partial charge is 0.462 e. The molecule has 10 atom stereocenters. The molecule has 44 heavy (non-hydrogen) atoms. The standard InChI is InChI=1S/C37H63BrO5Si/c1-23(14-13-18-35(7,8)42-25(3)40)28-15-16-29-33-30(17-19-36(28,29)9)37(10)26(21-31(33)38)20-27(22-32(37)41-24(2)39)43-44(11,12)34(4,5)6/h21,23,27-33H,13-20,22H2,1-12H3/t23-,27-,28-,29+,30+,31-,32+,33+,36-,37+/m1/s1. The van der Waals surface area contributed by atoms with Crippen molar-refractivity contribution in [1.82, 2.24) is 0 Å². The third-order valence-corrected chi connectivity index (χ3v) is 18.7. The molecule has 252 valence electrons.